The molecule has 0 spiro atoms. The van der Waals surface area contributed by atoms with Crippen molar-refractivity contribution in [1.29, 1.82) is 0 Å². The van der Waals surface area contributed by atoms with Gasteiger partial charge in [0.25, 0.3) is 0 Å². The van der Waals surface area contributed by atoms with Crippen molar-refractivity contribution in [2.24, 2.45) is 0 Å². The Bertz CT molecular complexity index is 878. The summed E-state index contributed by atoms with van der Waals surface area (Å²) in [6.45, 7) is 0.456. The van der Waals surface area contributed by atoms with E-state index in [1.165, 1.54) is 38.6 Å². The van der Waals surface area contributed by atoms with E-state index in [0.29, 0.717) is 6.54 Å². The maximum absolute atomic E-state index is 7.56. The van der Waals surface area contributed by atoms with E-state index in [0.717, 1.165) is 19.3 Å². The number of benzene rings is 2. The van der Waals surface area contributed by atoms with E-state index in [2.05, 4.69) is 66.8 Å². The molecule has 2 aromatic carbocycles. The van der Waals surface area contributed by atoms with E-state index >= 15 is 0 Å². The summed E-state index contributed by atoms with van der Waals surface area (Å²) in [4.78, 5) is 0. The molecule has 0 aliphatic heterocycles. The standard InChI is InChI=1S/C22H20N.Re/c23-13-12-18-15-19(22-11-4-3-10-21(18)22)14-17-8-5-7-16-6-1-2-9-20(16)17;/h1-3,5-10,14-15,23H,4,11-13H2;/q-1;/b19-14+;. The van der Waals surface area contributed by atoms with Crippen LogP contribution in [0.15, 0.2) is 83.0 Å². The van der Waals surface area contributed by atoms with Crippen LogP contribution in [0, 0.1) is 0 Å². The van der Waals surface area contributed by atoms with Crippen molar-refractivity contribution in [1.82, 2.24) is 0 Å². The summed E-state index contributed by atoms with van der Waals surface area (Å²) in [5, 5.41) is 2.59. The molecule has 2 aromatic rings. The predicted octanol–water partition coefficient (Wildman–Crippen LogP) is 6.25. The predicted molar refractivity (Wildman–Crippen MR) is 99.2 cm³/mol. The number of nitrogens with one attached hydrogen (secondary N) is 1. The SMILES string of the molecule is [NH-]CCC1=C/C(=C\c2cccc3ccccc23)C2=C1C=CCC2.[Re]. The third-order valence-corrected chi connectivity index (χ3v) is 4.72. The molecule has 24 heavy (non-hydrogen) atoms. The first-order valence-corrected chi connectivity index (χ1v) is 8.32. The van der Waals surface area contributed by atoms with Gasteiger partial charge in [0.15, 0.2) is 0 Å². The third-order valence-electron chi connectivity index (χ3n) is 4.72. The molecular formula is C22H20NRe-. The van der Waals surface area contributed by atoms with E-state index in [1.54, 1.807) is 0 Å². The molecule has 121 valence electrons. The summed E-state index contributed by atoms with van der Waals surface area (Å²) < 4.78 is 0. The van der Waals surface area contributed by atoms with Crippen LogP contribution in [-0.2, 0) is 20.4 Å². The molecule has 2 aliphatic carbocycles. The molecule has 2 heteroatoms. The molecule has 2 aliphatic rings. The molecule has 0 bridgehead atoms. The molecule has 1 N–H and O–H groups in total. The maximum Gasteiger partial charge on any atom is 0 e. The van der Waals surface area contributed by atoms with Crippen LogP contribution in [0.4, 0.5) is 0 Å². The quantitative estimate of drug-likeness (QED) is 0.492. The number of hydrogen-bond donors (Lipinski definition) is 0. The fourth-order valence-electron chi connectivity index (χ4n) is 3.63. The second-order valence-corrected chi connectivity index (χ2v) is 6.17. The Morgan fingerprint density at radius 2 is 1.88 bits per heavy atom. The van der Waals surface area contributed by atoms with E-state index in [1.807, 2.05) is 0 Å². The van der Waals surface area contributed by atoms with Gasteiger partial charge in [0.05, 0.1) is 0 Å². The second-order valence-electron chi connectivity index (χ2n) is 6.17. The van der Waals surface area contributed by atoms with Crippen molar-refractivity contribution >= 4 is 16.8 Å². The van der Waals surface area contributed by atoms with Crippen LogP contribution in [0.2, 0.25) is 0 Å². The van der Waals surface area contributed by atoms with Gasteiger partial charge in [0.1, 0.15) is 0 Å². The fourth-order valence-corrected chi connectivity index (χ4v) is 3.63. The normalized spacial score (nSPS) is 17.9. The summed E-state index contributed by atoms with van der Waals surface area (Å²) in [5.41, 5.74) is 14.3. The summed E-state index contributed by atoms with van der Waals surface area (Å²) in [6.07, 6.45) is 12.2. The van der Waals surface area contributed by atoms with Gasteiger partial charge in [-0.3, -0.25) is 0 Å². The van der Waals surface area contributed by atoms with Gasteiger partial charge in [-0.15, -0.1) is 6.54 Å². The van der Waals surface area contributed by atoms with E-state index in [-0.39, 0.29) is 20.4 Å². The van der Waals surface area contributed by atoms with Crippen LogP contribution in [0.25, 0.3) is 22.6 Å². The zero-order valence-corrected chi connectivity index (χ0v) is 16.3. The Morgan fingerprint density at radius 3 is 2.75 bits per heavy atom. The van der Waals surface area contributed by atoms with Crippen molar-refractivity contribution in [3.8, 4) is 0 Å². The van der Waals surface area contributed by atoms with Crippen molar-refractivity contribution in [3.05, 3.63) is 94.3 Å². The van der Waals surface area contributed by atoms with E-state index < -0.39 is 0 Å². The smallest absolute Gasteiger partial charge is 0 e. The Labute approximate surface area is 157 Å². The number of allylic oxidation sites excluding steroid dienone is 6. The summed E-state index contributed by atoms with van der Waals surface area (Å²) in [5.74, 6) is 0. The van der Waals surface area contributed by atoms with Crippen LogP contribution in [0.3, 0.4) is 0 Å². The van der Waals surface area contributed by atoms with Crippen LogP contribution in [0.1, 0.15) is 24.8 Å². The molecule has 1 radical (unpaired) electrons. The number of hydrogen-bond acceptors (Lipinski definition) is 0. The molecule has 0 unspecified atom stereocenters. The van der Waals surface area contributed by atoms with Gasteiger partial charge in [-0.25, -0.2) is 0 Å². The molecule has 0 saturated carbocycles. The molecular weight excluding hydrogens is 464 g/mol. The van der Waals surface area contributed by atoms with Crippen LogP contribution in [-0.4, -0.2) is 6.54 Å². The zero-order chi connectivity index (χ0) is 15.6. The largest absolute Gasteiger partial charge is 0.677 e. The van der Waals surface area contributed by atoms with Gasteiger partial charge >= 0.3 is 0 Å². The maximum atomic E-state index is 7.56. The molecule has 1 nitrogen and oxygen atoms in total. The first kappa shape index (κ1) is 17.1. The Kier molecular flexibility index (Phi) is 5.31. The molecule has 0 fully saturated rings. The molecule has 0 atom stereocenters. The minimum atomic E-state index is 0. The van der Waals surface area contributed by atoms with Crippen molar-refractivity contribution in [3.63, 3.8) is 0 Å². The number of fused-ring (bicyclic) bond motifs is 1. The number of rotatable bonds is 3. The van der Waals surface area contributed by atoms with Crippen molar-refractivity contribution in [2.75, 3.05) is 6.54 Å². The van der Waals surface area contributed by atoms with E-state index in [9.17, 15) is 0 Å². The van der Waals surface area contributed by atoms with Crippen LogP contribution in [0.5, 0.6) is 0 Å². The van der Waals surface area contributed by atoms with Gasteiger partial charge in [-0.2, -0.15) is 0 Å². The summed E-state index contributed by atoms with van der Waals surface area (Å²) in [6, 6.07) is 15.1. The first-order chi connectivity index (χ1) is 11.4. The van der Waals surface area contributed by atoms with Crippen molar-refractivity contribution < 1.29 is 20.4 Å². The van der Waals surface area contributed by atoms with Gasteiger partial charge in [-0.1, -0.05) is 60.7 Å². The average Bonchev–Trinajstić information content (AvgIpc) is 2.94. The topological polar surface area (TPSA) is 23.8 Å². The Hall–Kier alpha value is -1.72. The van der Waals surface area contributed by atoms with Gasteiger partial charge in [-0.05, 0) is 64.0 Å². The van der Waals surface area contributed by atoms with Crippen molar-refractivity contribution in [2.45, 2.75) is 19.3 Å². The van der Waals surface area contributed by atoms with Gasteiger partial charge in [0, 0.05) is 20.4 Å². The second kappa shape index (κ2) is 7.45. The Morgan fingerprint density at radius 1 is 1.04 bits per heavy atom. The molecule has 0 saturated heterocycles. The minimum absolute atomic E-state index is 0. The minimum Gasteiger partial charge on any atom is -0.677 e. The average molecular weight is 485 g/mol. The van der Waals surface area contributed by atoms with Crippen LogP contribution < -0.4 is 0 Å². The summed E-state index contributed by atoms with van der Waals surface area (Å²) in [7, 11) is 0. The molecule has 0 amide bonds. The first-order valence-electron chi connectivity index (χ1n) is 8.32. The molecule has 0 heterocycles. The third kappa shape index (κ3) is 3.10. The van der Waals surface area contributed by atoms with E-state index in [4.69, 9.17) is 5.73 Å². The Balaban J connectivity index is 0.00000169. The molecule has 4 rings (SSSR count). The van der Waals surface area contributed by atoms with Gasteiger partial charge in [0.2, 0.25) is 0 Å². The monoisotopic (exact) mass is 485 g/mol. The van der Waals surface area contributed by atoms with Gasteiger partial charge < -0.3 is 5.73 Å². The van der Waals surface area contributed by atoms with Crippen LogP contribution >= 0.6 is 0 Å². The fraction of sp³-hybridized carbons (Fsp3) is 0.182. The zero-order valence-electron chi connectivity index (χ0n) is 13.6. The molecule has 0 aromatic heterocycles. The summed E-state index contributed by atoms with van der Waals surface area (Å²) >= 11 is 0.